The molecule has 0 aliphatic heterocycles. The van der Waals surface area contributed by atoms with Gasteiger partial charge in [0, 0.05) is 11.1 Å². The van der Waals surface area contributed by atoms with Gasteiger partial charge < -0.3 is 9.47 Å². The van der Waals surface area contributed by atoms with Crippen molar-refractivity contribution in [2.75, 3.05) is 6.79 Å². The van der Waals surface area contributed by atoms with Crippen molar-refractivity contribution in [3.63, 3.8) is 0 Å². The Hall–Kier alpha value is -3.66. The van der Waals surface area contributed by atoms with E-state index in [0.717, 1.165) is 22.3 Å². The Morgan fingerprint density at radius 3 is 1.28 bits per heavy atom. The topological polar surface area (TPSA) is 18.5 Å². The highest BCUT2D eigenvalue weighted by atomic mass is 19.1. The molecule has 0 unspecified atom stereocenters. The quantitative estimate of drug-likeness (QED) is 0.342. The maximum absolute atomic E-state index is 13.2. The molecule has 29 heavy (non-hydrogen) atoms. The van der Waals surface area contributed by atoms with Crippen LogP contribution in [-0.4, -0.2) is 6.79 Å². The highest BCUT2D eigenvalue weighted by Gasteiger charge is 2.09. The molecule has 0 N–H and O–H groups in total. The fourth-order valence-corrected chi connectivity index (χ4v) is 3.08. The first-order chi connectivity index (χ1) is 14.2. The molecule has 2 nitrogen and oxygen atoms in total. The summed E-state index contributed by atoms with van der Waals surface area (Å²) in [5.74, 6) is 0.706. The van der Waals surface area contributed by atoms with Crippen LogP contribution in [0.4, 0.5) is 8.78 Å². The highest BCUT2D eigenvalue weighted by molar-refractivity contribution is 5.71. The summed E-state index contributed by atoms with van der Waals surface area (Å²) in [6.45, 7) is -0.00356. The summed E-state index contributed by atoms with van der Waals surface area (Å²) in [5, 5.41) is 0. The van der Waals surface area contributed by atoms with E-state index in [-0.39, 0.29) is 18.4 Å². The lowest BCUT2D eigenvalue weighted by molar-refractivity contribution is 0.121. The SMILES string of the molecule is Fc1ccc(-c2ccccc2OCOc2ccccc2-c2ccc(F)cc2)cc1. The molecule has 0 aliphatic carbocycles. The van der Waals surface area contributed by atoms with E-state index >= 15 is 0 Å². The second kappa shape index (κ2) is 8.57. The molecule has 144 valence electrons. The molecule has 0 spiro atoms. The largest absolute Gasteiger partial charge is 0.457 e. The van der Waals surface area contributed by atoms with Gasteiger partial charge in [0.15, 0.2) is 0 Å². The van der Waals surface area contributed by atoms with Crippen LogP contribution in [0.25, 0.3) is 22.3 Å². The third-order valence-electron chi connectivity index (χ3n) is 4.51. The Kier molecular flexibility index (Phi) is 5.52. The molecule has 0 aliphatic rings. The lowest BCUT2D eigenvalue weighted by Crippen LogP contribution is -2.07. The molecule has 4 heteroatoms. The Balaban J connectivity index is 1.51. The van der Waals surface area contributed by atoms with E-state index in [1.54, 1.807) is 24.3 Å². The summed E-state index contributed by atoms with van der Waals surface area (Å²) in [5.41, 5.74) is 3.41. The standard InChI is InChI=1S/C25H18F2O2/c26-20-13-9-18(10-14-20)22-5-1-3-7-24(22)28-17-29-25-8-4-2-6-23(25)19-11-15-21(27)16-12-19/h1-16H,17H2. The number of ether oxygens (including phenoxy) is 2. The second-order valence-corrected chi connectivity index (χ2v) is 6.41. The zero-order valence-corrected chi connectivity index (χ0v) is 15.5. The van der Waals surface area contributed by atoms with E-state index in [1.807, 2.05) is 48.5 Å². The first kappa shape index (κ1) is 18.7. The first-order valence-electron chi connectivity index (χ1n) is 9.16. The predicted molar refractivity (Wildman–Crippen MR) is 110 cm³/mol. The predicted octanol–water partition coefficient (Wildman–Crippen LogP) is 6.71. The van der Waals surface area contributed by atoms with Gasteiger partial charge in [-0.15, -0.1) is 0 Å². The minimum absolute atomic E-state index is 0.00356. The van der Waals surface area contributed by atoms with Crippen molar-refractivity contribution >= 4 is 0 Å². The summed E-state index contributed by atoms with van der Waals surface area (Å²) in [6.07, 6.45) is 0. The second-order valence-electron chi connectivity index (χ2n) is 6.41. The van der Waals surface area contributed by atoms with Crippen molar-refractivity contribution in [3.8, 4) is 33.8 Å². The molecule has 0 bridgehead atoms. The van der Waals surface area contributed by atoms with Crippen LogP contribution in [0.15, 0.2) is 97.1 Å². The molecule has 0 saturated carbocycles. The highest BCUT2D eigenvalue weighted by Crippen LogP contribution is 2.32. The zero-order valence-electron chi connectivity index (χ0n) is 15.5. The number of halogens is 2. The van der Waals surface area contributed by atoms with Crippen molar-refractivity contribution in [1.29, 1.82) is 0 Å². The van der Waals surface area contributed by atoms with Gasteiger partial charge in [0.1, 0.15) is 23.1 Å². The molecule has 0 heterocycles. The number of hydrogen-bond donors (Lipinski definition) is 0. The van der Waals surface area contributed by atoms with Crippen molar-refractivity contribution in [3.05, 3.63) is 109 Å². The van der Waals surface area contributed by atoms with E-state index in [2.05, 4.69) is 0 Å². The van der Waals surface area contributed by atoms with Crippen molar-refractivity contribution in [2.45, 2.75) is 0 Å². The Morgan fingerprint density at radius 1 is 0.483 bits per heavy atom. The van der Waals surface area contributed by atoms with Crippen molar-refractivity contribution < 1.29 is 18.3 Å². The van der Waals surface area contributed by atoms with Gasteiger partial charge in [-0.25, -0.2) is 8.78 Å². The lowest BCUT2D eigenvalue weighted by Gasteiger charge is -2.14. The van der Waals surface area contributed by atoms with Gasteiger partial charge >= 0.3 is 0 Å². The summed E-state index contributed by atoms with van der Waals surface area (Å²) in [4.78, 5) is 0. The normalized spacial score (nSPS) is 10.6. The molecule has 0 amide bonds. The number of hydrogen-bond acceptors (Lipinski definition) is 2. The van der Waals surface area contributed by atoms with E-state index < -0.39 is 0 Å². The van der Waals surface area contributed by atoms with Crippen LogP contribution in [-0.2, 0) is 0 Å². The van der Waals surface area contributed by atoms with Gasteiger partial charge in [-0.3, -0.25) is 0 Å². The average molecular weight is 388 g/mol. The molecule has 0 aromatic heterocycles. The minimum Gasteiger partial charge on any atom is -0.457 e. The van der Waals surface area contributed by atoms with Crippen LogP contribution in [0.2, 0.25) is 0 Å². The lowest BCUT2D eigenvalue weighted by atomic mass is 10.0. The van der Waals surface area contributed by atoms with E-state index in [0.29, 0.717) is 11.5 Å². The first-order valence-corrected chi connectivity index (χ1v) is 9.16. The molecule has 4 aromatic rings. The monoisotopic (exact) mass is 388 g/mol. The maximum atomic E-state index is 13.2. The maximum Gasteiger partial charge on any atom is 0.230 e. The molecule has 0 atom stereocenters. The van der Waals surface area contributed by atoms with E-state index in [4.69, 9.17) is 9.47 Å². The van der Waals surface area contributed by atoms with E-state index in [1.165, 1.54) is 24.3 Å². The van der Waals surface area contributed by atoms with Crippen LogP contribution in [0.5, 0.6) is 11.5 Å². The van der Waals surface area contributed by atoms with Crippen molar-refractivity contribution in [1.82, 2.24) is 0 Å². The number of benzene rings is 4. The summed E-state index contributed by atoms with van der Waals surface area (Å²) >= 11 is 0. The van der Waals surface area contributed by atoms with Gasteiger partial charge in [-0.05, 0) is 47.5 Å². The van der Waals surface area contributed by atoms with Crippen molar-refractivity contribution in [2.24, 2.45) is 0 Å². The van der Waals surface area contributed by atoms with Gasteiger partial charge in [0.2, 0.25) is 6.79 Å². The number of para-hydroxylation sites is 2. The molecular weight excluding hydrogens is 370 g/mol. The Labute approximate surface area is 168 Å². The Bertz CT molecular complexity index is 1000. The van der Waals surface area contributed by atoms with Crippen LogP contribution < -0.4 is 9.47 Å². The fraction of sp³-hybridized carbons (Fsp3) is 0.0400. The molecule has 0 saturated heterocycles. The zero-order chi connectivity index (χ0) is 20.1. The van der Waals surface area contributed by atoms with Crippen LogP contribution in [0.1, 0.15) is 0 Å². The minimum atomic E-state index is -0.284. The molecule has 0 radical (unpaired) electrons. The van der Waals surface area contributed by atoms with Gasteiger partial charge in [0.05, 0.1) is 0 Å². The van der Waals surface area contributed by atoms with Crippen LogP contribution in [0, 0.1) is 11.6 Å². The van der Waals surface area contributed by atoms with Crippen LogP contribution >= 0.6 is 0 Å². The van der Waals surface area contributed by atoms with Gasteiger partial charge in [-0.2, -0.15) is 0 Å². The number of rotatable bonds is 6. The smallest absolute Gasteiger partial charge is 0.230 e. The molecule has 4 aromatic carbocycles. The third kappa shape index (κ3) is 4.43. The van der Waals surface area contributed by atoms with Crippen LogP contribution in [0.3, 0.4) is 0 Å². The summed E-state index contributed by atoms with van der Waals surface area (Å²) in [7, 11) is 0. The van der Waals surface area contributed by atoms with E-state index in [9.17, 15) is 8.78 Å². The van der Waals surface area contributed by atoms with Gasteiger partial charge in [-0.1, -0.05) is 60.7 Å². The molecule has 0 fully saturated rings. The molecule has 4 rings (SSSR count). The fourth-order valence-electron chi connectivity index (χ4n) is 3.08. The summed E-state index contributed by atoms with van der Waals surface area (Å²) < 4.78 is 38.2. The van der Waals surface area contributed by atoms with Gasteiger partial charge in [0.25, 0.3) is 0 Å². The third-order valence-corrected chi connectivity index (χ3v) is 4.51. The summed E-state index contributed by atoms with van der Waals surface area (Å²) in [6, 6.07) is 27.6. The Morgan fingerprint density at radius 2 is 0.862 bits per heavy atom. The molecular formula is C25H18F2O2. The average Bonchev–Trinajstić information content (AvgIpc) is 2.76.